The summed E-state index contributed by atoms with van der Waals surface area (Å²) in [6.07, 6.45) is -1.64. The maximum absolute atomic E-state index is 13.3. The summed E-state index contributed by atoms with van der Waals surface area (Å²) in [5.74, 6) is -1.86. The standard InChI is InChI=1S/C12H14BrFN2O4/c1-6-4-7(13)8(14)5-9(6)16-12(20)15-3-2-10(17)11(18)19/h4-5,10,17H,2-3H2,1H3,(H,18,19)(H2,15,16,20)/t10-/m0/s1. The molecular formula is C12H14BrFN2O4. The number of urea groups is 1. The Balaban J connectivity index is 2.51. The summed E-state index contributed by atoms with van der Waals surface area (Å²) in [5.41, 5.74) is 0.973. The van der Waals surface area contributed by atoms with E-state index in [1.165, 1.54) is 12.1 Å². The first kappa shape index (κ1) is 16.4. The van der Waals surface area contributed by atoms with Gasteiger partial charge in [0.2, 0.25) is 0 Å². The lowest BCUT2D eigenvalue weighted by atomic mass is 10.2. The van der Waals surface area contributed by atoms with Gasteiger partial charge in [-0.25, -0.2) is 14.0 Å². The number of hydrogen-bond acceptors (Lipinski definition) is 3. The molecule has 1 aromatic rings. The van der Waals surface area contributed by atoms with Crippen LogP contribution in [0.25, 0.3) is 0 Å². The Morgan fingerprint density at radius 1 is 1.45 bits per heavy atom. The highest BCUT2D eigenvalue weighted by Gasteiger charge is 2.13. The van der Waals surface area contributed by atoms with E-state index in [2.05, 4.69) is 26.6 Å². The van der Waals surface area contributed by atoms with Crippen molar-refractivity contribution in [1.82, 2.24) is 5.32 Å². The number of aliphatic hydroxyl groups excluding tert-OH is 1. The van der Waals surface area contributed by atoms with Gasteiger partial charge >= 0.3 is 12.0 Å². The molecule has 0 aromatic heterocycles. The van der Waals surface area contributed by atoms with E-state index in [0.717, 1.165) is 0 Å². The Labute approximate surface area is 123 Å². The van der Waals surface area contributed by atoms with Crippen LogP contribution < -0.4 is 10.6 Å². The molecule has 8 heteroatoms. The first-order valence-electron chi connectivity index (χ1n) is 5.72. The second kappa shape index (κ2) is 7.20. The summed E-state index contributed by atoms with van der Waals surface area (Å²) < 4.78 is 13.6. The predicted octanol–water partition coefficient (Wildman–Crippen LogP) is 1.85. The lowest BCUT2D eigenvalue weighted by molar-refractivity contribution is -0.146. The molecule has 4 N–H and O–H groups in total. The fourth-order valence-corrected chi connectivity index (χ4v) is 1.85. The summed E-state index contributed by atoms with van der Waals surface area (Å²) in [6.45, 7) is 1.69. The van der Waals surface area contributed by atoms with Gasteiger partial charge in [0, 0.05) is 18.7 Å². The normalized spacial score (nSPS) is 11.8. The number of halogens is 2. The molecule has 0 saturated carbocycles. The van der Waals surface area contributed by atoms with Crippen molar-refractivity contribution in [2.24, 2.45) is 0 Å². The van der Waals surface area contributed by atoms with Gasteiger partial charge in [-0.15, -0.1) is 0 Å². The van der Waals surface area contributed by atoms with Crippen LogP contribution in [-0.2, 0) is 4.79 Å². The Hall–Kier alpha value is -1.67. The molecule has 0 bridgehead atoms. The number of aliphatic hydroxyl groups is 1. The molecule has 0 heterocycles. The van der Waals surface area contributed by atoms with Gasteiger partial charge in [-0.3, -0.25) is 0 Å². The van der Waals surface area contributed by atoms with Crippen LogP contribution in [0, 0.1) is 12.7 Å². The van der Waals surface area contributed by atoms with E-state index in [1.807, 2.05) is 0 Å². The number of carbonyl (C=O) groups is 2. The molecule has 0 unspecified atom stereocenters. The number of benzene rings is 1. The number of carboxylic acids is 1. The van der Waals surface area contributed by atoms with Crippen LogP contribution in [0.3, 0.4) is 0 Å². The fourth-order valence-electron chi connectivity index (χ4n) is 1.39. The molecular weight excluding hydrogens is 335 g/mol. The molecule has 6 nitrogen and oxygen atoms in total. The van der Waals surface area contributed by atoms with Gasteiger partial charge in [0.25, 0.3) is 0 Å². The third-order valence-corrected chi connectivity index (χ3v) is 3.11. The van der Waals surface area contributed by atoms with Crippen LogP contribution >= 0.6 is 15.9 Å². The molecule has 0 aliphatic carbocycles. The molecule has 0 radical (unpaired) electrons. The zero-order valence-electron chi connectivity index (χ0n) is 10.6. The third kappa shape index (κ3) is 4.78. The van der Waals surface area contributed by atoms with Crippen LogP contribution in [-0.4, -0.2) is 34.9 Å². The number of carbonyl (C=O) groups excluding carboxylic acids is 1. The van der Waals surface area contributed by atoms with Crippen molar-refractivity contribution in [3.05, 3.63) is 28.0 Å². The van der Waals surface area contributed by atoms with Crippen LogP contribution in [0.15, 0.2) is 16.6 Å². The minimum Gasteiger partial charge on any atom is -0.479 e. The molecule has 1 aromatic carbocycles. The maximum Gasteiger partial charge on any atom is 0.332 e. The summed E-state index contributed by atoms with van der Waals surface area (Å²) >= 11 is 3.03. The largest absolute Gasteiger partial charge is 0.479 e. The molecule has 1 rings (SSSR count). The van der Waals surface area contributed by atoms with Crippen LogP contribution in [0.4, 0.5) is 14.9 Å². The molecule has 20 heavy (non-hydrogen) atoms. The quantitative estimate of drug-likeness (QED) is 0.652. The monoisotopic (exact) mass is 348 g/mol. The molecule has 1 atom stereocenters. The average molecular weight is 349 g/mol. The predicted molar refractivity (Wildman–Crippen MR) is 74.1 cm³/mol. The number of amides is 2. The Bertz CT molecular complexity index is 524. The molecule has 0 spiro atoms. The van der Waals surface area contributed by atoms with E-state index in [0.29, 0.717) is 15.7 Å². The Kier molecular flexibility index (Phi) is 5.90. The highest BCUT2D eigenvalue weighted by Crippen LogP contribution is 2.23. The topological polar surface area (TPSA) is 98.7 Å². The number of carboxylic acid groups (broad SMARTS) is 1. The van der Waals surface area contributed by atoms with Crippen molar-refractivity contribution in [1.29, 1.82) is 0 Å². The van der Waals surface area contributed by atoms with Gasteiger partial charge in [0.15, 0.2) is 6.10 Å². The number of nitrogens with one attached hydrogen (secondary N) is 2. The van der Waals surface area contributed by atoms with Gasteiger partial charge in [-0.05, 0) is 40.5 Å². The zero-order chi connectivity index (χ0) is 15.3. The van der Waals surface area contributed by atoms with Gasteiger partial charge in [0.1, 0.15) is 5.82 Å². The summed E-state index contributed by atoms with van der Waals surface area (Å²) in [7, 11) is 0. The van der Waals surface area contributed by atoms with Gasteiger partial charge in [0.05, 0.1) is 4.47 Å². The number of hydrogen-bond donors (Lipinski definition) is 4. The minimum absolute atomic E-state index is 0.0165. The van der Waals surface area contributed by atoms with Crippen molar-refractivity contribution >= 4 is 33.6 Å². The number of anilines is 1. The second-order valence-electron chi connectivity index (χ2n) is 4.10. The minimum atomic E-state index is -1.53. The summed E-state index contributed by atoms with van der Waals surface area (Å²) in [4.78, 5) is 21.9. The smallest absolute Gasteiger partial charge is 0.332 e. The third-order valence-electron chi connectivity index (χ3n) is 2.50. The molecule has 0 aliphatic heterocycles. The van der Waals surface area contributed by atoms with E-state index < -0.39 is 23.9 Å². The van der Waals surface area contributed by atoms with Gasteiger partial charge in [-0.2, -0.15) is 0 Å². The molecule has 0 aliphatic rings. The van der Waals surface area contributed by atoms with Crippen LogP contribution in [0.2, 0.25) is 0 Å². The van der Waals surface area contributed by atoms with E-state index in [1.54, 1.807) is 6.92 Å². The first-order valence-corrected chi connectivity index (χ1v) is 6.52. The van der Waals surface area contributed by atoms with Gasteiger partial charge in [-0.1, -0.05) is 0 Å². The van der Waals surface area contributed by atoms with Crippen LogP contribution in [0.1, 0.15) is 12.0 Å². The number of rotatable bonds is 5. The average Bonchev–Trinajstić information content (AvgIpc) is 2.35. The van der Waals surface area contributed by atoms with E-state index in [-0.39, 0.29) is 13.0 Å². The Morgan fingerprint density at radius 3 is 2.70 bits per heavy atom. The molecule has 2 amide bonds. The van der Waals surface area contributed by atoms with Crippen molar-refractivity contribution in [3.63, 3.8) is 0 Å². The zero-order valence-corrected chi connectivity index (χ0v) is 12.2. The summed E-state index contributed by atoms with van der Waals surface area (Å²) in [5, 5.41) is 22.3. The van der Waals surface area contributed by atoms with Crippen molar-refractivity contribution in [3.8, 4) is 0 Å². The highest BCUT2D eigenvalue weighted by molar-refractivity contribution is 9.10. The van der Waals surface area contributed by atoms with Crippen molar-refractivity contribution < 1.29 is 24.2 Å². The SMILES string of the molecule is Cc1cc(Br)c(F)cc1NC(=O)NCC[C@H](O)C(=O)O. The summed E-state index contributed by atoms with van der Waals surface area (Å²) in [6, 6.07) is 2.09. The first-order chi connectivity index (χ1) is 9.31. The van der Waals surface area contributed by atoms with Crippen LogP contribution in [0.5, 0.6) is 0 Å². The molecule has 110 valence electrons. The molecule has 0 saturated heterocycles. The second-order valence-corrected chi connectivity index (χ2v) is 4.96. The number of aryl methyl sites for hydroxylation is 1. The maximum atomic E-state index is 13.3. The van der Waals surface area contributed by atoms with Gasteiger partial charge < -0.3 is 20.8 Å². The number of aliphatic carboxylic acids is 1. The lowest BCUT2D eigenvalue weighted by Crippen LogP contribution is -2.33. The van der Waals surface area contributed by atoms with E-state index >= 15 is 0 Å². The highest BCUT2D eigenvalue weighted by atomic mass is 79.9. The fraction of sp³-hybridized carbons (Fsp3) is 0.333. The van der Waals surface area contributed by atoms with E-state index in [4.69, 9.17) is 10.2 Å². The lowest BCUT2D eigenvalue weighted by Gasteiger charge is -2.11. The van der Waals surface area contributed by atoms with Crippen molar-refractivity contribution in [2.75, 3.05) is 11.9 Å². The van der Waals surface area contributed by atoms with E-state index in [9.17, 15) is 14.0 Å². The Morgan fingerprint density at radius 2 is 2.10 bits per heavy atom. The molecule has 0 fully saturated rings. The van der Waals surface area contributed by atoms with Crippen molar-refractivity contribution in [2.45, 2.75) is 19.4 Å².